The normalized spacial score (nSPS) is 14.3. The Kier molecular flexibility index (Phi) is 14.3. The van der Waals surface area contributed by atoms with Crippen LogP contribution < -0.4 is 25.5 Å². The molecule has 3 nitrogen and oxygen atoms in total. The average Bonchev–Trinajstić information content (AvgIpc) is 2.84. The summed E-state index contributed by atoms with van der Waals surface area (Å²) in [5.74, 6) is 0. The SMILES string of the molecule is CCCCc1ccc(N2B3c4cc(N(c5ccc(CCCC)cc5)c5ccc(CCCC)cc5)c#cc4N(c4ccc(CCCC)cc4C4=CC=CCC4)c4cc(C)cc(c43)-c3cc4c(cc32)C(C)(C)c2ccccc2-4)cc1. The van der Waals surface area contributed by atoms with Crippen molar-refractivity contribution in [3.63, 3.8) is 0 Å². The molecule has 390 valence electrons. The lowest BCUT2D eigenvalue weighted by atomic mass is 9.43. The van der Waals surface area contributed by atoms with E-state index in [2.05, 4.69) is 239 Å². The summed E-state index contributed by atoms with van der Waals surface area (Å²) < 4.78 is 0. The molecule has 0 aromatic heterocycles. The Morgan fingerprint density at radius 3 is 1.78 bits per heavy atom. The van der Waals surface area contributed by atoms with Gasteiger partial charge in [0.2, 0.25) is 0 Å². The summed E-state index contributed by atoms with van der Waals surface area (Å²) in [5.41, 5.74) is 29.1. The van der Waals surface area contributed by atoms with Gasteiger partial charge < -0.3 is 14.6 Å². The van der Waals surface area contributed by atoms with Crippen molar-refractivity contribution in [3.8, 4) is 22.3 Å². The summed E-state index contributed by atoms with van der Waals surface area (Å²) in [6, 6.07) is 65.3. The van der Waals surface area contributed by atoms with Gasteiger partial charge in [-0.1, -0.05) is 158 Å². The largest absolute Gasteiger partial charge is 0.376 e. The number of unbranched alkanes of at least 4 members (excludes halogenated alkanes) is 4. The molecule has 0 spiro atoms. The van der Waals surface area contributed by atoms with Crippen molar-refractivity contribution in [2.24, 2.45) is 0 Å². The van der Waals surface area contributed by atoms with Crippen molar-refractivity contribution in [1.29, 1.82) is 0 Å². The fraction of sp³-hybridized carbons (Fsp3) is 0.297. The van der Waals surface area contributed by atoms with Crippen LogP contribution in [0.1, 0.15) is 150 Å². The van der Waals surface area contributed by atoms with Gasteiger partial charge in [0.25, 0.3) is 0 Å². The molecule has 2 heterocycles. The first-order valence-corrected chi connectivity index (χ1v) is 29.8. The maximum absolute atomic E-state index is 4.05. The van der Waals surface area contributed by atoms with E-state index in [0.717, 1.165) is 61.3 Å². The number of hydrogen-bond acceptors (Lipinski definition) is 3. The molecule has 0 unspecified atom stereocenters. The summed E-state index contributed by atoms with van der Waals surface area (Å²) in [4.78, 5) is 7.74. The van der Waals surface area contributed by atoms with E-state index >= 15 is 0 Å². The molecule has 8 aromatic carbocycles. The molecular formula is C74H76BN3. The van der Waals surface area contributed by atoms with Gasteiger partial charge in [-0.15, -0.1) is 0 Å². The number of hydrogen-bond donors (Lipinski definition) is 0. The van der Waals surface area contributed by atoms with Crippen molar-refractivity contribution in [2.45, 2.75) is 144 Å². The molecule has 0 amide bonds. The molecular weight excluding hydrogens is 942 g/mol. The van der Waals surface area contributed by atoms with Crippen molar-refractivity contribution in [2.75, 3.05) is 14.6 Å². The molecule has 2 aliphatic carbocycles. The third-order valence-corrected chi connectivity index (χ3v) is 17.5. The molecule has 0 bridgehead atoms. The fourth-order valence-electron chi connectivity index (χ4n) is 13.2. The second kappa shape index (κ2) is 21.7. The summed E-state index contributed by atoms with van der Waals surface area (Å²) in [5, 5.41) is 0. The van der Waals surface area contributed by atoms with Crippen molar-refractivity contribution in [3.05, 3.63) is 220 Å². The van der Waals surface area contributed by atoms with Crippen LogP contribution in [0.25, 0.3) is 27.8 Å². The van der Waals surface area contributed by atoms with Gasteiger partial charge in [0.1, 0.15) is 0 Å². The predicted octanol–water partition coefficient (Wildman–Crippen LogP) is 19.2. The van der Waals surface area contributed by atoms with Crippen LogP contribution in [0.2, 0.25) is 0 Å². The van der Waals surface area contributed by atoms with Crippen LogP contribution in [0.4, 0.5) is 45.5 Å². The monoisotopic (exact) mass is 1020 g/mol. The van der Waals surface area contributed by atoms with Crippen molar-refractivity contribution >= 4 is 68.8 Å². The van der Waals surface area contributed by atoms with Crippen LogP contribution in [0.3, 0.4) is 0 Å². The highest BCUT2D eigenvalue weighted by Crippen LogP contribution is 2.55. The molecule has 2 aliphatic heterocycles. The van der Waals surface area contributed by atoms with Gasteiger partial charge in [0, 0.05) is 45.0 Å². The number of benzene rings is 7. The summed E-state index contributed by atoms with van der Waals surface area (Å²) in [7, 11) is 0. The molecule has 8 aromatic rings. The van der Waals surface area contributed by atoms with Gasteiger partial charge in [0.05, 0.1) is 17.1 Å². The number of fused-ring (bicyclic) bond motifs is 7. The second-order valence-corrected chi connectivity index (χ2v) is 23.3. The lowest BCUT2D eigenvalue weighted by Crippen LogP contribution is -2.61. The molecule has 0 atom stereocenters. The second-order valence-electron chi connectivity index (χ2n) is 23.3. The lowest BCUT2D eigenvalue weighted by molar-refractivity contribution is 0.660. The van der Waals surface area contributed by atoms with Gasteiger partial charge in [-0.3, -0.25) is 0 Å². The van der Waals surface area contributed by atoms with Crippen LogP contribution >= 0.6 is 0 Å². The smallest absolute Gasteiger partial charge is 0.333 e. The minimum absolute atomic E-state index is 0.173. The molecule has 4 aliphatic rings. The Morgan fingerprint density at radius 1 is 0.538 bits per heavy atom. The van der Waals surface area contributed by atoms with E-state index in [0.29, 0.717) is 0 Å². The number of anilines is 8. The number of allylic oxidation sites excluding steroid dienone is 4. The van der Waals surface area contributed by atoms with E-state index in [1.165, 1.54) is 157 Å². The highest BCUT2D eigenvalue weighted by molar-refractivity contribution is 6.93. The van der Waals surface area contributed by atoms with Crippen LogP contribution in [0, 0.1) is 19.1 Å². The van der Waals surface area contributed by atoms with E-state index in [9.17, 15) is 0 Å². The van der Waals surface area contributed by atoms with Gasteiger partial charge >= 0.3 is 6.85 Å². The minimum atomic E-state index is -0.191. The Morgan fingerprint density at radius 2 is 1.15 bits per heavy atom. The Labute approximate surface area is 467 Å². The number of rotatable bonds is 18. The average molecular weight is 1020 g/mol. The van der Waals surface area contributed by atoms with Gasteiger partial charge in [-0.2, -0.15) is 0 Å². The Hall–Kier alpha value is -7.48. The standard InChI is InChI=1S/C74H76BN3/c1-8-12-21-52-29-36-57(37-30-52)76(58-38-31-53(32-39-58)22-13-9-2)60-42-44-70-68(48-60)75-73-65(45-51(5)46-72(73)77(70)69-43-35-55(24-15-11-4)47-62(69)56-25-17-16-18-26-56)64-49-63-61-27-19-20-28-66(61)74(6,7)67(63)50-71(64)78(75)59-40-33-54(34-41-59)23-14-10-3/h16-17,19-20,25,27-41,43,45-50H,8-15,18,21-24,26H2,1-7H3. The molecule has 0 saturated carbocycles. The first kappa shape index (κ1) is 51.3. The predicted molar refractivity (Wildman–Crippen MR) is 336 cm³/mol. The van der Waals surface area contributed by atoms with E-state index < -0.39 is 0 Å². The summed E-state index contributed by atoms with van der Waals surface area (Å²) in [6.45, 7) is 16.1. The molecule has 0 fully saturated rings. The molecule has 0 saturated heterocycles. The van der Waals surface area contributed by atoms with Crippen LogP contribution in [0.15, 0.2) is 164 Å². The first-order valence-electron chi connectivity index (χ1n) is 29.8. The minimum Gasteiger partial charge on any atom is -0.376 e. The zero-order chi connectivity index (χ0) is 53.5. The van der Waals surface area contributed by atoms with Gasteiger partial charge in [-0.05, 0) is 228 Å². The van der Waals surface area contributed by atoms with E-state index in [1.807, 2.05) is 0 Å². The first-order chi connectivity index (χ1) is 38.2. The molecule has 12 rings (SSSR count). The quantitative estimate of drug-likeness (QED) is 0.0793. The van der Waals surface area contributed by atoms with Crippen LogP contribution in [0.5, 0.6) is 0 Å². The molecule has 4 heteroatoms. The highest BCUT2D eigenvalue weighted by atomic mass is 15.2. The van der Waals surface area contributed by atoms with E-state index in [4.69, 9.17) is 0 Å². The maximum Gasteiger partial charge on any atom is 0.333 e. The van der Waals surface area contributed by atoms with E-state index in [1.54, 1.807) is 0 Å². The van der Waals surface area contributed by atoms with Crippen molar-refractivity contribution < 1.29 is 0 Å². The fourth-order valence-corrected chi connectivity index (χ4v) is 13.2. The summed E-state index contributed by atoms with van der Waals surface area (Å²) >= 11 is 0. The molecule has 0 N–H and O–H groups in total. The number of aryl methyl sites for hydroxylation is 5. The van der Waals surface area contributed by atoms with E-state index in [-0.39, 0.29) is 12.3 Å². The number of nitrogens with zero attached hydrogens (tertiary/aromatic N) is 3. The zero-order valence-electron chi connectivity index (χ0n) is 47.4. The van der Waals surface area contributed by atoms with Crippen molar-refractivity contribution in [1.82, 2.24) is 0 Å². The Bertz CT molecular complexity index is 3510. The van der Waals surface area contributed by atoms with Crippen LogP contribution in [-0.2, 0) is 31.1 Å². The molecule has 0 radical (unpaired) electrons. The van der Waals surface area contributed by atoms with Gasteiger partial charge in [-0.25, -0.2) is 0 Å². The highest BCUT2D eigenvalue weighted by Gasteiger charge is 2.47. The third kappa shape index (κ3) is 9.28. The third-order valence-electron chi connectivity index (χ3n) is 17.5. The lowest BCUT2D eigenvalue weighted by Gasteiger charge is -2.46. The Balaban J connectivity index is 1.15. The van der Waals surface area contributed by atoms with Gasteiger partial charge in [0.15, 0.2) is 0 Å². The topological polar surface area (TPSA) is 9.72 Å². The molecule has 78 heavy (non-hydrogen) atoms. The van der Waals surface area contributed by atoms with Crippen LogP contribution in [-0.4, -0.2) is 6.85 Å². The summed E-state index contributed by atoms with van der Waals surface area (Å²) in [6.07, 6.45) is 22.7. The zero-order valence-corrected chi connectivity index (χ0v) is 47.4. The maximum atomic E-state index is 4.05.